The molecule has 0 saturated heterocycles. The molecule has 1 aliphatic rings. The van der Waals surface area contributed by atoms with Crippen molar-refractivity contribution in [2.24, 2.45) is 0 Å². The minimum atomic E-state index is -4.52. The maximum Gasteiger partial charge on any atom is 0.417 e. The lowest BCUT2D eigenvalue weighted by Gasteiger charge is -2.18. The van der Waals surface area contributed by atoms with Gasteiger partial charge in [-0.15, -0.1) is 0 Å². The van der Waals surface area contributed by atoms with E-state index in [-0.39, 0.29) is 11.5 Å². The van der Waals surface area contributed by atoms with Crippen molar-refractivity contribution in [3.8, 4) is 6.07 Å². The van der Waals surface area contributed by atoms with E-state index in [2.05, 4.69) is 4.98 Å². The predicted octanol–water partition coefficient (Wildman–Crippen LogP) is 4.66. The highest BCUT2D eigenvalue weighted by molar-refractivity contribution is 6.30. The molecule has 128 valence electrons. The third kappa shape index (κ3) is 3.24. The molecule has 0 aliphatic heterocycles. The van der Waals surface area contributed by atoms with E-state index in [0.29, 0.717) is 24.1 Å². The molecule has 0 amide bonds. The Morgan fingerprint density at radius 3 is 2.48 bits per heavy atom. The van der Waals surface area contributed by atoms with Crippen molar-refractivity contribution in [3.05, 3.63) is 64.4 Å². The smallest absolute Gasteiger partial charge is 0.297 e. The first-order chi connectivity index (χ1) is 11.8. The number of alkyl halides is 3. The third-order valence-corrected chi connectivity index (χ3v) is 4.63. The van der Waals surface area contributed by atoms with Gasteiger partial charge in [-0.05, 0) is 42.7 Å². The van der Waals surface area contributed by atoms with Gasteiger partial charge in [-0.1, -0.05) is 23.7 Å². The molecule has 1 fully saturated rings. The van der Waals surface area contributed by atoms with Gasteiger partial charge in [-0.3, -0.25) is 9.78 Å². The molecule has 0 N–H and O–H groups in total. The van der Waals surface area contributed by atoms with Crippen LogP contribution in [0.3, 0.4) is 0 Å². The van der Waals surface area contributed by atoms with Crippen LogP contribution in [0.4, 0.5) is 13.2 Å². The van der Waals surface area contributed by atoms with Gasteiger partial charge >= 0.3 is 6.18 Å². The van der Waals surface area contributed by atoms with Crippen molar-refractivity contribution < 1.29 is 18.0 Å². The first kappa shape index (κ1) is 17.4. The highest BCUT2D eigenvalue weighted by Gasteiger charge is 2.53. The number of carbonyl (C=O) groups is 1. The van der Waals surface area contributed by atoms with Gasteiger partial charge in [0.1, 0.15) is 5.92 Å². The number of nitrogens with zero attached hydrogens (tertiary/aromatic N) is 2. The molecule has 0 spiro atoms. The molecule has 1 aliphatic carbocycles. The van der Waals surface area contributed by atoms with Gasteiger partial charge in [0.05, 0.1) is 22.7 Å². The molecule has 7 heteroatoms. The van der Waals surface area contributed by atoms with Gasteiger partial charge in [0, 0.05) is 11.2 Å². The number of carbonyl (C=O) groups excluding carboxylic acids is 1. The number of Topliss-reactive ketones (excluding diaryl/α,β-unsaturated/α-hetero) is 1. The fourth-order valence-corrected chi connectivity index (χ4v) is 3.06. The summed E-state index contributed by atoms with van der Waals surface area (Å²) in [5.74, 6) is -1.58. The van der Waals surface area contributed by atoms with E-state index in [4.69, 9.17) is 11.6 Å². The first-order valence-electron chi connectivity index (χ1n) is 7.51. The van der Waals surface area contributed by atoms with E-state index >= 15 is 0 Å². The number of hydrogen-bond acceptors (Lipinski definition) is 3. The monoisotopic (exact) mass is 364 g/mol. The Morgan fingerprint density at radius 1 is 1.28 bits per heavy atom. The first-order valence-corrected chi connectivity index (χ1v) is 7.89. The summed E-state index contributed by atoms with van der Waals surface area (Å²) in [7, 11) is 0. The maximum absolute atomic E-state index is 12.9. The van der Waals surface area contributed by atoms with Crippen LogP contribution in [0.25, 0.3) is 0 Å². The summed E-state index contributed by atoms with van der Waals surface area (Å²) in [5, 5.41) is 9.90. The molecule has 1 unspecified atom stereocenters. The Kier molecular flexibility index (Phi) is 4.29. The zero-order chi connectivity index (χ0) is 18.2. The average molecular weight is 365 g/mol. The summed E-state index contributed by atoms with van der Waals surface area (Å²) < 4.78 is 37.9. The molecular weight excluding hydrogens is 353 g/mol. The number of nitriles is 1. The molecular formula is C18H12ClF3N2O. The molecule has 0 radical (unpaired) electrons. The Bertz CT molecular complexity index is 852. The SMILES string of the molecule is N#CC(C(=O)C1(c2cccc(Cl)c2)CC1)c1ccc(C(F)(F)F)cn1. The molecule has 1 atom stereocenters. The molecule has 1 saturated carbocycles. The quantitative estimate of drug-likeness (QED) is 0.792. The summed E-state index contributed by atoms with van der Waals surface area (Å²) >= 11 is 5.98. The summed E-state index contributed by atoms with van der Waals surface area (Å²) in [6, 6.07) is 10.7. The number of rotatable bonds is 4. The largest absolute Gasteiger partial charge is 0.417 e. The summed E-state index contributed by atoms with van der Waals surface area (Å²) in [6.07, 6.45) is -2.72. The van der Waals surface area contributed by atoms with Gasteiger partial charge in [0.2, 0.25) is 0 Å². The van der Waals surface area contributed by atoms with E-state index in [9.17, 15) is 23.2 Å². The van der Waals surface area contributed by atoms with Crippen LogP contribution in [0.5, 0.6) is 0 Å². The van der Waals surface area contributed by atoms with E-state index < -0.39 is 23.1 Å². The van der Waals surface area contributed by atoms with Crippen molar-refractivity contribution in [1.82, 2.24) is 4.98 Å². The van der Waals surface area contributed by atoms with E-state index in [1.807, 2.05) is 6.07 Å². The number of benzene rings is 1. The number of ketones is 1. The van der Waals surface area contributed by atoms with Crippen LogP contribution < -0.4 is 0 Å². The molecule has 25 heavy (non-hydrogen) atoms. The number of pyridine rings is 1. The molecule has 1 aromatic carbocycles. The summed E-state index contributed by atoms with van der Waals surface area (Å²) in [5.41, 5.74) is -0.988. The van der Waals surface area contributed by atoms with E-state index in [1.54, 1.807) is 24.3 Å². The van der Waals surface area contributed by atoms with Crippen LogP contribution in [0.15, 0.2) is 42.6 Å². The minimum Gasteiger partial charge on any atom is -0.297 e. The topological polar surface area (TPSA) is 53.8 Å². The van der Waals surface area contributed by atoms with Crippen molar-refractivity contribution >= 4 is 17.4 Å². The Balaban J connectivity index is 1.91. The Labute approximate surface area is 147 Å². The second-order valence-electron chi connectivity index (χ2n) is 5.99. The number of halogens is 4. The zero-order valence-corrected chi connectivity index (χ0v) is 13.6. The standard InChI is InChI=1S/C18H12ClF3N2O/c19-13-3-1-2-11(8-13)17(6-7-17)16(25)14(9-23)15-5-4-12(10-24-15)18(20,21)22/h1-5,8,10,14H,6-7H2. The van der Waals surface area contributed by atoms with Crippen LogP contribution in [0.1, 0.15) is 35.6 Å². The van der Waals surface area contributed by atoms with Gasteiger partial charge in [-0.25, -0.2) is 0 Å². The highest BCUT2D eigenvalue weighted by atomic mass is 35.5. The molecule has 1 aromatic heterocycles. The number of aromatic nitrogens is 1. The van der Waals surface area contributed by atoms with Crippen molar-refractivity contribution in [1.29, 1.82) is 5.26 Å². The lowest BCUT2D eigenvalue weighted by Crippen LogP contribution is -2.27. The highest BCUT2D eigenvalue weighted by Crippen LogP contribution is 2.51. The minimum absolute atomic E-state index is 0.0220. The molecule has 2 aromatic rings. The van der Waals surface area contributed by atoms with Gasteiger partial charge < -0.3 is 0 Å². The fraction of sp³-hybridized carbons (Fsp3) is 0.278. The van der Waals surface area contributed by atoms with Crippen LogP contribution in [-0.2, 0) is 16.4 Å². The van der Waals surface area contributed by atoms with Crippen LogP contribution >= 0.6 is 11.6 Å². The van der Waals surface area contributed by atoms with Crippen LogP contribution in [0.2, 0.25) is 5.02 Å². The third-order valence-electron chi connectivity index (χ3n) is 4.40. The van der Waals surface area contributed by atoms with Gasteiger partial charge in [0.15, 0.2) is 5.78 Å². The second-order valence-corrected chi connectivity index (χ2v) is 6.42. The Hall–Kier alpha value is -2.39. The predicted molar refractivity (Wildman–Crippen MR) is 85.0 cm³/mol. The van der Waals surface area contributed by atoms with Gasteiger partial charge in [0.25, 0.3) is 0 Å². The molecule has 1 heterocycles. The summed E-state index contributed by atoms with van der Waals surface area (Å²) in [6.45, 7) is 0. The lowest BCUT2D eigenvalue weighted by molar-refractivity contribution is -0.137. The zero-order valence-electron chi connectivity index (χ0n) is 12.8. The van der Waals surface area contributed by atoms with Crippen molar-refractivity contribution in [2.75, 3.05) is 0 Å². The van der Waals surface area contributed by atoms with Gasteiger partial charge in [-0.2, -0.15) is 18.4 Å². The maximum atomic E-state index is 12.9. The number of hydrogen-bond donors (Lipinski definition) is 0. The lowest BCUT2D eigenvalue weighted by atomic mass is 9.83. The van der Waals surface area contributed by atoms with Crippen molar-refractivity contribution in [2.45, 2.75) is 30.4 Å². The summed E-state index contributed by atoms with van der Waals surface area (Å²) in [4.78, 5) is 16.6. The Morgan fingerprint density at radius 2 is 2.00 bits per heavy atom. The van der Waals surface area contributed by atoms with Crippen LogP contribution in [0, 0.1) is 11.3 Å². The second kappa shape index (κ2) is 6.16. The van der Waals surface area contributed by atoms with Crippen LogP contribution in [-0.4, -0.2) is 10.8 Å². The molecule has 0 bridgehead atoms. The van der Waals surface area contributed by atoms with Crippen molar-refractivity contribution in [3.63, 3.8) is 0 Å². The van der Waals surface area contributed by atoms with E-state index in [0.717, 1.165) is 17.7 Å². The molecule has 3 nitrogen and oxygen atoms in total. The fourth-order valence-electron chi connectivity index (χ4n) is 2.87. The average Bonchev–Trinajstić information content (AvgIpc) is 3.37. The molecule has 3 rings (SSSR count). The normalized spacial score (nSPS) is 16.8. The van der Waals surface area contributed by atoms with E-state index in [1.165, 1.54) is 0 Å².